The molecule has 0 aromatic carbocycles. The van der Waals surface area contributed by atoms with E-state index < -0.39 is 0 Å². The zero-order chi connectivity index (χ0) is 14.4. The molecule has 20 heavy (non-hydrogen) atoms. The second-order valence-corrected chi connectivity index (χ2v) is 6.03. The Balaban J connectivity index is 1.99. The quantitative estimate of drug-likeness (QED) is 0.790. The molecule has 0 saturated heterocycles. The van der Waals surface area contributed by atoms with Crippen molar-refractivity contribution in [2.75, 3.05) is 23.7 Å². The maximum absolute atomic E-state index is 4.51. The van der Waals surface area contributed by atoms with Crippen LogP contribution in [0.5, 0.6) is 0 Å². The zero-order valence-electron chi connectivity index (χ0n) is 13.1. The van der Waals surface area contributed by atoms with Crippen molar-refractivity contribution in [2.45, 2.75) is 59.3 Å². The summed E-state index contributed by atoms with van der Waals surface area (Å²) in [5.41, 5.74) is 0.482. The van der Waals surface area contributed by atoms with Crippen LogP contribution in [0.4, 0.5) is 11.6 Å². The lowest BCUT2D eigenvalue weighted by Gasteiger charge is -2.28. The van der Waals surface area contributed by atoms with Gasteiger partial charge in [-0.15, -0.1) is 0 Å². The minimum absolute atomic E-state index is 0.482. The first-order valence-electron chi connectivity index (χ1n) is 8.01. The summed E-state index contributed by atoms with van der Waals surface area (Å²) in [5.74, 6) is 2.71. The SMILES string of the molecule is CCCNc1cc(NCC2(CC)CCCC2)nc(C)n1. The fraction of sp³-hybridized carbons (Fsp3) is 0.750. The summed E-state index contributed by atoms with van der Waals surface area (Å²) < 4.78 is 0. The smallest absolute Gasteiger partial charge is 0.131 e. The van der Waals surface area contributed by atoms with Crippen molar-refractivity contribution in [1.82, 2.24) is 9.97 Å². The van der Waals surface area contributed by atoms with Gasteiger partial charge < -0.3 is 10.6 Å². The molecule has 0 radical (unpaired) electrons. The van der Waals surface area contributed by atoms with Gasteiger partial charge in [0.2, 0.25) is 0 Å². The van der Waals surface area contributed by atoms with Gasteiger partial charge in [0.15, 0.2) is 0 Å². The number of nitrogens with one attached hydrogen (secondary N) is 2. The average Bonchev–Trinajstić information content (AvgIpc) is 2.92. The van der Waals surface area contributed by atoms with Crippen molar-refractivity contribution in [3.05, 3.63) is 11.9 Å². The van der Waals surface area contributed by atoms with E-state index in [-0.39, 0.29) is 0 Å². The first-order chi connectivity index (χ1) is 9.67. The van der Waals surface area contributed by atoms with Gasteiger partial charge in [-0.25, -0.2) is 9.97 Å². The normalized spacial score (nSPS) is 17.1. The summed E-state index contributed by atoms with van der Waals surface area (Å²) in [7, 11) is 0. The molecule has 0 amide bonds. The molecule has 0 atom stereocenters. The second kappa shape index (κ2) is 6.91. The third-order valence-corrected chi connectivity index (χ3v) is 4.45. The number of anilines is 2. The number of nitrogens with zero attached hydrogens (tertiary/aromatic N) is 2. The molecule has 0 spiro atoms. The Labute approximate surface area is 122 Å². The summed E-state index contributed by atoms with van der Waals surface area (Å²) in [6.45, 7) is 8.41. The monoisotopic (exact) mass is 276 g/mol. The first kappa shape index (κ1) is 15.1. The van der Waals surface area contributed by atoms with Gasteiger partial charge in [0.1, 0.15) is 17.5 Å². The lowest BCUT2D eigenvalue weighted by atomic mass is 9.83. The second-order valence-electron chi connectivity index (χ2n) is 6.03. The fourth-order valence-electron chi connectivity index (χ4n) is 3.06. The van der Waals surface area contributed by atoms with Gasteiger partial charge in [-0.2, -0.15) is 0 Å². The predicted molar refractivity (Wildman–Crippen MR) is 85.2 cm³/mol. The Bertz CT molecular complexity index is 424. The number of hydrogen-bond acceptors (Lipinski definition) is 4. The highest BCUT2D eigenvalue weighted by atomic mass is 15.1. The van der Waals surface area contributed by atoms with E-state index >= 15 is 0 Å². The lowest BCUT2D eigenvalue weighted by Crippen LogP contribution is -2.26. The van der Waals surface area contributed by atoms with Gasteiger partial charge >= 0.3 is 0 Å². The molecule has 4 nitrogen and oxygen atoms in total. The number of hydrogen-bond donors (Lipinski definition) is 2. The molecule has 1 heterocycles. The van der Waals surface area contributed by atoms with Crippen LogP contribution in [0.15, 0.2) is 6.07 Å². The molecule has 2 N–H and O–H groups in total. The molecule has 1 aromatic rings. The van der Waals surface area contributed by atoms with Crippen LogP contribution in [0.2, 0.25) is 0 Å². The van der Waals surface area contributed by atoms with Crippen molar-refractivity contribution in [3.8, 4) is 0 Å². The van der Waals surface area contributed by atoms with Crippen LogP contribution in [0.1, 0.15) is 58.2 Å². The minimum atomic E-state index is 0.482. The van der Waals surface area contributed by atoms with Gasteiger partial charge in [0.25, 0.3) is 0 Å². The van der Waals surface area contributed by atoms with Gasteiger partial charge in [0.05, 0.1) is 0 Å². The molecular formula is C16H28N4. The molecule has 2 rings (SSSR count). The number of rotatable bonds is 7. The first-order valence-corrected chi connectivity index (χ1v) is 8.01. The predicted octanol–water partition coefficient (Wildman–Crippen LogP) is 3.99. The van der Waals surface area contributed by atoms with E-state index in [2.05, 4.69) is 34.4 Å². The van der Waals surface area contributed by atoms with Gasteiger partial charge in [0, 0.05) is 19.2 Å². The van der Waals surface area contributed by atoms with Crippen LogP contribution in [-0.2, 0) is 0 Å². The molecule has 1 saturated carbocycles. The van der Waals surface area contributed by atoms with E-state index in [0.717, 1.165) is 37.0 Å². The van der Waals surface area contributed by atoms with Gasteiger partial charge in [-0.3, -0.25) is 0 Å². The van der Waals surface area contributed by atoms with Gasteiger partial charge in [-0.1, -0.05) is 26.7 Å². The van der Waals surface area contributed by atoms with Crippen LogP contribution in [0, 0.1) is 12.3 Å². The largest absolute Gasteiger partial charge is 0.370 e. The topological polar surface area (TPSA) is 49.8 Å². The Hall–Kier alpha value is -1.32. The maximum Gasteiger partial charge on any atom is 0.131 e. The highest BCUT2D eigenvalue weighted by molar-refractivity contribution is 5.47. The standard InChI is InChI=1S/C16H28N4/c1-4-10-17-14-11-15(20-13(3)19-14)18-12-16(5-2)8-6-7-9-16/h11H,4-10,12H2,1-3H3,(H2,17,18,19,20). The van der Waals surface area contributed by atoms with Crippen molar-refractivity contribution in [1.29, 1.82) is 0 Å². The molecule has 1 fully saturated rings. The summed E-state index contributed by atoms with van der Waals surface area (Å²) in [6.07, 6.45) is 7.81. The van der Waals surface area contributed by atoms with Crippen LogP contribution in [-0.4, -0.2) is 23.1 Å². The van der Waals surface area contributed by atoms with E-state index in [9.17, 15) is 0 Å². The molecule has 112 valence electrons. The van der Waals surface area contributed by atoms with Crippen molar-refractivity contribution in [2.24, 2.45) is 5.41 Å². The lowest BCUT2D eigenvalue weighted by molar-refractivity contribution is 0.306. The maximum atomic E-state index is 4.51. The highest BCUT2D eigenvalue weighted by Gasteiger charge is 2.31. The molecule has 0 aliphatic heterocycles. The minimum Gasteiger partial charge on any atom is -0.370 e. The molecule has 0 bridgehead atoms. The van der Waals surface area contributed by atoms with E-state index in [4.69, 9.17) is 0 Å². The third kappa shape index (κ3) is 3.84. The Kier molecular flexibility index (Phi) is 5.21. The molecule has 1 aliphatic rings. The van der Waals surface area contributed by atoms with E-state index in [1.165, 1.54) is 32.1 Å². The number of aryl methyl sites for hydroxylation is 1. The fourth-order valence-corrected chi connectivity index (χ4v) is 3.06. The van der Waals surface area contributed by atoms with Crippen molar-refractivity contribution in [3.63, 3.8) is 0 Å². The van der Waals surface area contributed by atoms with Crippen LogP contribution >= 0.6 is 0 Å². The van der Waals surface area contributed by atoms with Crippen LogP contribution < -0.4 is 10.6 Å². The van der Waals surface area contributed by atoms with Crippen LogP contribution in [0.3, 0.4) is 0 Å². The molecular weight excluding hydrogens is 248 g/mol. The average molecular weight is 276 g/mol. The van der Waals surface area contributed by atoms with Crippen molar-refractivity contribution < 1.29 is 0 Å². The third-order valence-electron chi connectivity index (χ3n) is 4.45. The van der Waals surface area contributed by atoms with E-state index in [0.29, 0.717) is 5.41 Å². The summed E-state index contributed by atoms with van der Waals surface area (Å²) in [5, 5.41) is 6.88. The summed E-state index contributed by atoms with van der Waals surface area (Å²) in [4.78, 5) is 8.93. The molecule has 1 aromatic heterocycles. The number of aromatic nitrogens is 2. The summed E-state index contributed by atoms with van der Waals surface area (Å²) >= 11 is 0. The molecule has 4 heteroatoms. The zero-order valence-corrected chi connectivity index (χ0v) is 13.1. The van der Waals surface area contributed by atoms with E-state index in [1.807, 2.05) is 13.0 Å². The van der Waals surface area contributed by atoms with Crippen molar-refractivity contribution >= 4 is 11.6 Å². The van der Waals surface area contributed by atoms with Gasteiger partial charge in [-0.05, 0) is 38.0 Å². The molecule has 1 aliphatic carbocycles. The molecule has 0 unspecified atom stereocenters. The van der Waals surface area contributed by atoms with E-state index in [1.54, 1.807) is 0 Å². The van der Waals surface area contributed by atoms with Crippen LogP contribution in [0.25, 0.3) is 0 Å². The Morgan fingerprint density at radius 1 is 1.10 bits per heavy atom. The Morgan fingerprint density at radius 3 is 2.35 bits per heavy atom. The Morgan fingerprint density at radius 2 is 1.75 bits per heavy atom. The highest BCUT2D eigenvalue weighted by Crippen LogP contribution is 2.40. The summed E-state index contributed by atoms with van der Waals surface area (Å²) in [6, 6.07) is 2.03.